The lowest BCUT2D eigenvalue weighted by molar-refractivity contribution is -0.149. The molecule has 1 unspecified atom stereocenters. The first-order chi connectivity index (χ1) is 8.95. The number of rotatable bonds is 4. The molecule has 0 fully saturated rings. The molecule has 0 spiro atoms. The molecule has 8 heteroatoms. The number of pyridine rings is 1. The number of carboxylic acid groups (broad SMARTS) is 2. The highest BCUT2D eigenvalue weighted by Gasteiger charge is 2.26. The summed E-state index contributed by atoms with van der Waals surface area (Å²) in [6.07, 6.45) is -0.111. The van der Waals surface area contributed by atoms with Gasteiger partial charge in [0.1, 0.15) is 5.65 Å². The van der Waals surface area contributed by atoms with E-state index in [1.165, 1.54) is 29.8 Å². The van der Waals surface area contributed by atoms with Crippen LogP contribution in [0.15, 0.2) is 18.3 Å². The zero-order chi connectivity index (χ0) is 14.2. The van der Waals surface area contributed by atoms with Crippen LogP contribution in [0.5, 0.6) is 0 Å². The molecule has 100 valence electrons. The first-order valence-corrected chi connectivity index (χ1v) is 5.50. The SMILES string of the molecule is COC(C(=O)O)c1c(Cl)ccc2nc(C(=O)O)cn12. The van der Waals surface area contributed by atoms with Crippen molar-refractivity contribution in [2.45, 2.75) is 6.10 Å². The number of imidazole rings is 1. The summed E-state index contributed by atoms with van der Waals surface area (Å²) in [7, 11) is 1.23. The number of hydrogen-bond acceptors (Lipinski definition) is 4. The van der Waals surface area contributed by atoms with Crippen molar-refractivity contribution in [3.63, 3.8) is 0 Å². The predicted molar refractivity (Wildman–Crippen MR) is 64.5 cm³/mol. The van der Waals surface area contributed by atoms with Crippen molar-refractivity contribution in [3.05, 3.63) is 34.7 Å². The van der Waals surface area contributed by atoms with Gasteiger partial charge in [-0.2, -0.15) is 0 Å². The number of nitrogens with zero attached hydrogens (tertiary/aromatic N) is 2. The molecule has 1 atom stereocenters. The Morgan fingerprint density at radius 2 is 2.11 bits per heavy atom. The number of aromatic carboxylic acids is 1. The van der Waals surface area contributed by atoms with E-state index in [9.17, 15) is 9.59 Å². The largest absolute Gasteiger partial charge is 0.479 e. The molecule has 0 saturated heterocycles. The van der Waals surface area contributed by atoms with Gasteiger partial charge in [0.25, 0.3) is 0 Å². The second-order valence-electron chi connectivity index (χ2n) is 3.68. The Balaban J connectivity index is 2.73. The Morgan fingerprint density at radius 3 is 2.63 bits per heavy atom. The van der Waals surface area contributed by atoms with Crippen LogP contribution < -0.4 is 0 Å². The maximum absolute atomic E-state index is 11.1. The number of aromatic nitrogens is 2. The van der Waals surface area contributed by atoms with Gasteiger partial charge in [-0.1, -0.05) is 11.6 Å². The van der Waals surface area contributed by atoms with E-state index in [1.54, 1.807) is 0 Å². The van der Waals surface area contributed by atoms with Crippen molar-refractivity contribution in [3.8, 4) is 0 Å². The van der Waals surface area contributed by atoms with Crippen LogP contribution in [0.1, 0.15) is 22.3 Å². The fraction of sp³-hybridized carbons (Fsp3) is 0.182. The molecular weight excluding hydrogens is 276 g/mol. The van der Waals surface area contributed by atoms with Crippen molar-refractivity contribution in [1.29, 1.82) is 0 Å². The fourth-order valence-electron chi connectivity index (χ4n) is 1.74. The van der Waals surface area contributed by atoms with Crippen LogP contribution in [0, 0.1) is 0 Å². The van der Waals surface area contributed by atoms with E-state index in [4.69, 9.17) is 26.6 Å². The lowest BCUT2D eigenvalue weighted by atomic mass is 10.2. The minimum atomic E-state index is -1.31. The van der Waals surface area contributed by atoms with E-state index < -0.39 is 18.0 Å². The zero-order valence-corrected chi connectivity index (χ0v) is 10.5. The van der Waals surface area contributed by atoms with Gasteiger partial charge in [-0.15, -0.1) is 0 Å². The molecule has 2 rings (SSSR count). The van der Waals surface area contributed by atoms with Gasteiger partial charge in [-0.3, -0.25) is 4.40 Å². The molecule has 0 bridgehead atoms. The van der Waals surface area contributed by atoms with E-state index in [0.29, 0.717) is 0 Å². The third-order valence-corrected chi connectivity index (χ3v) is 2.86. The van der Waals surface area contributed by atoms with Gasteiger partial charge in [0.15, 0.2) is 11.8 Å². The molecule has 0 saturated carbocycles. The quantitative estimate of drug-likeness (QED) is 0.881. The van der Waals surface area contributed by atoms with E-state index in [-0.39, 0.29) is 22.1 Å². The molecule has 19 heavy (non-hydrogen) atoms. The van der Waals surface area contributed by atoms with Crippen molar-refractivity contribution >= 4 is 29.2 Å². The van der Waals surface area contributed by atoms with Gasteiger partial charge in [0.05, 0.1) is 10.7 Å². The lowest BCUT2D eigenvalue weighted by Gasteiger charge is -2.14. The highest BCUT2D eigenvalue weighted by atomic mass is 35.5. The molecule has 2 aromatic rings. The number of carboxylic acids is 2. The molecule has 0 radical (unpaired) electrons. The Labute approximate surface area is 112 Å². The topological polar surface area (TPSA) is 101 Å². The van der Waals surface area contributed by atoms with E-state index >= 15 is 0 Å². The minimum Gasteiger partial charge on any atom is -0.479 e. The number of carbonyl (C=O) groups is 2. The van der Waals surface area contributed by atoms with E-state index in [2.05, 4.69) is 4.98 Å². The standard InChI is InChI=1S/C11H9ClN2O5/c1-19-9(11(17)18)8-5(12)2-3-7-13-6(10(15)16)4-14(7)8/h2-4,9H,1H3,(H,15,16)(H,17,18). The van der Waals surface area contributed by atoms with Gasteiger partial charge in [0, 0.05) is 13.3 Å². The first-order valence-electron chi connectivity index (χ1n) is 5.12. The molecule has 0 amide bonds. The van der Waals surface area contributed by atoms with E-state index in [0.717, 1.165) is 0 Å². The first kappa shape index (κ1) is 13.3. The maximum atomic E-state index is 11.1. The smallest absolute Gasteiger partial charge is 0.356 e. The van der Waals surface area contributed by atoms with Crippen LogP contribution in [-0.4, -0.2) is 38.6 Å². The summed E-state index contributed by atoms with van der Waals surface area (Å²) in [6, 6.07) is 2.94. The minimum absolute atomic E-state index is 0.120. The van der Waals surface area contributed by atoms with Gasteiger partial charge in [0.2, 0.25) is 0 Å². The predicted octanol–water partition coefficient (Wildman–Crippen LogP) is 1.46. The second-order valence-corrected chi connectivity index (χ2v) is 4.09. The molecule has 2 aromatic heterocycles. The Bertz CT molecular complexity index is 666. The zero-order valence-electron chi connectivity index (χ0n) is 9.70. The van der Waals surface area contributed by atoms with Crippen LogP contribution in [0.2, 0.25) is 5.02 Å². The lowest BCUT2D eigenvalue weighted by Crippen LogP contribution is -2.17. The number of fused-ring (bicyclic) bond motifs is 1. The molecule has 2 N–H and O–H groups in total. The highest BCUT2D eigenvalue weighted by Crippen LogP contribution is 2.27. The highest BCUT2D eigenvalue weighted by molar-refractivity contribution is 6.31. The summed E-state index contributed by atoms with van der Waals surface area (Å²) < 4.78 is 6.18. The van der Waals surface area contributed by atoms with Crippen LogP contribution in [0.4, 0.5) is 0 Å². The number of ether oxygens (including phenoxy) is 1. The fourth-order valence-corrected chi connectivity index (χ4v) is 1.99. The molecule has 0 aliphatic rings. The molecule has 0 aliphatic heterocycles. The summed E-state index contributed by atoms with van der Waals surface area (Å²) in [4.78, 5) is 25.9. The van der Waals surface area contributed by atoms with Gasteiger partial charge in [-0.05, 0) is 12.1 Å². The third-order valence-electron chi connectivity index (χ3n) is 2.54. The number of aliphatic carboxylic acids is 1. The van der Waals surface area contributed by atoms with Crippen LogP contribution >= 0.6 is 11.6 Å². The number of methoxy groups -OCH3 is 1. The molecule has 2 heterocycles. The van der Waals surface area contributed by atoms with Gasteiger partial charge in [-0.25, -0.2) is 14.6 Å². The molecule has 0 aromatic carbocycles. The molecular formula is C11H9ClN2O5. The second kappa shape index (κ2) is 4.87. The summed E-state index contributed by atoms with van der Waals surface area (Å²) in [5, 5.41) is 18.1. The van der Waals surface area contributed by atoms with Crippen molar-refractivity contribution in [2.24, 2.45) is 0 Å². The maximum Gasteiger partial charge on any atom is 0.356 e. The van der Waals surface area contributed by atoms with E-state index in [1.807, 2.05) is 0 Å². The summed E-state index contributed by atoms with van der Waals surface area (Å²) in [5.41, 5.74) is 0.193. The normalized spacial score (nSPS) is 12.5. The monoisotopic (exact) mass is 284 g/mol. The summed E-state index contributed by atoms with van der Waals surface area (Å²) in [6.45, 7) is 0. The molecule has 0 aliphatic carbocycles. The van der Waals surface area contributed by atoms with Crippen molar-refractivity contribution in [2.75, 3.05) is 7.11 Å². The van der Waals surface area contributed by atoms with Gasteiger partial charge >= 0.3 is 11.9 Å². The Morgan fingerprint density at radius 1 is 1.42 bits per heavy atom. The third kappa shape index (κ3) is 2.25. The van der Waals surface area contributed by atoms with Crippen LogP contribution in [0.3, 0.4) is 0 Å². The average Bonchev–Trinajstić information content (AvgIpc) is 2.76. The molecule has 7 nitrogen and oxygen atoms in total. The average molecular weight is 285 g/mol. The van der Waals surface area contributed by atoms with Gasteiger partial charge < -0.3 is 14.9 Å². The summed E-state index contributed by atoms with van der Waals surface area (Å²) in [5.74, 6) is -2.45. The number of hydrogen-bond donors (Lipinski definition) is 2. The summed E-state index contributed by atoms with van der Waals surface area (Å²) >= 11 is 5.97. The van der Waals surface area contributed by atoms with Crippen molar-refractivity contribution in [1.82, 2.24) is 9.38 Å². The Kier molecular flexibility index (Phi) is 3.41. The number of halogens is 1. The Hall–Kier alpha value is -2.12. The van der Waals surface area contributed by atoms with Crippen molar-refractivity contribution < 1.29 is 24.5 Å². The van der Waals surface area contributed by atoms with Crippen LogP contribution in [-0.2, 0) is 9.53 Å². The van der Waals surface area contributed by atoms with Crippen LogP contribution in [0.25, 0.3) is 5.65 Å².